The quantitative estimate of drug-likeness (QED) is 0.583. The smallest absolute Gasteiger partial charge is 0.254 e. The van der Waals surface area contributed by atoms with Crippen LogP contribution in [0.5, 0.6) is 5.75 Å². The minimum absolute atomic E-state index is 0.257. The van der Waals surface area contributed by atoms with Crippen molar-refractivity contribution in [1.82, 2.24) is 20.1 Å². The van der Waals surface area contributed by atoms with Crippen LogP contribution in [-0.2, 0) is 4.74 Å². The summed E-state index contributed by atoms with van der Waals surface area (Å²) in [4.78, 5) is 16.9. The highest BCUT2D eigenvalue weighted by Gasteiger charge is 2.19. The molecule has 8 heteroatoms. The summed E-state index contributed by atoms with van der Waals surface area (Å²) < 4.78 is 12.2. The predicted molar refractivity (Wildman–Crippen MR) is 109 cm³/mol. The lowest BCUT2D eigenvalue weighted by molar-refractivity contribution is 0.0944. The van der Waals surface area contributed by atoms with Crippen molar-refractivity contribution < 1.29 is 14.3 Å². The molecule has 2 aromatic heterocycles. The Bertz CT molecular complexity index is 970. The van der Waals surface area contributed by atoms with Crippen LogP contribution in [0.4, 0.5) is 0 Å². The van der Waals surface area contributed by atoms with E-state index in [1.54, 1.807) is 11.8 Å². The van der Waals surface area contributed by atoms with Gasteiger partial charge in [-0.2, -0.15) is 5.10 Å². The van der Waals surface area contributed by atoms with Crippen molar-refractivity contribution in [2.24, 2.45) is 0 Å². The lowest BCUT2D eigenvalue weighted by atomic mass is 10.2. The highest BCUT2D eigenvalue weighted by atomic mass is 35.5. The number of carbonyl (C=O) groups excluding carboxylic acids is 1. The van der Waals surface area contributed by atoms with Crippen molar-refractivity contribution >= 4 is 28.5 Å². The fraction of sp³-hybridized carbons (Fsp3) is 0.350. The van der Waals surface area contributed by atoms with Gasteiger partial charge in [-0.3, -0.25) is 4.79 Å². The van der Waals surface area contributed by atoms with Crippen molar-refractivity contribution in [2.75, 3.05) is 26.9 Å². The largest absolute Gasteiger partial charge is 0.497 e. The average molecular weight is 403 g/mol. The van der Waals surface area contributed by atoms with Gasteiger partial charge in [-0.1, -0.05) is 11.6 Å². The minimum Gasteiger partial charge on any atom is -0.497 e. The molecule has 2 heterocycles. The highest BCUT2D eigenvalue weighted by molar-refractivity contribution is 6.38. The third-order valence-electron chi connectivity index (χ3n) is 4.32. The number of nitrogens with one attached hydrogen (secondary N) is 1. The number of halogens is 1. The Hall–Kier alpha value is -2.64. The van der Waals surface area contributed by atoms with E-state index in [4.69, 9.17) is 21.1 Å². The second kappa shape index (κ2) is 9.03. The number of aryl methyl sites for hydroxylation is 1. The standard InChI is InChI=1S/C20H23ClN4O3/c1-4-28-11-5-10-22-20(26)16-12-23-19-17(18(16)21)13(2)24-25(19)14-6-8-15(27-3)9-7-14/h6-9,12H,4-5,10-11H2,1-3H3,(H,22,26). The van der Waals surface area contributed by atoms with Crippen LogP contribution in [0.15, 0.2) is 30.5 Å². The molecule has 0 atom stereocenters. The van der Waals surface area contributed by atoms with Crippen molar-refractivity contribution in [1.29, 1.82) is 0 Å². The Morgan fingerprint density at radius 2 is 2.04 bits per heavy atom. The molecule has 0 spiro atoms. The van der Waals surface area contributed by atoms with Gasteiger partial charge in [0.1, 0.15) is 5.75 Å². The van der Waals surface area contributed by atoms with Crippen LogP contribution >= 0.6 is 11.6 Å². The van der Waals surface area contributed by atoms with E-state index in [9.17, 15) is 4.79 Å². The molecule has 0 radical (unpaired) electrons. The van der Waals surface area contributed by atoms with E-state index in [1.807, 2.05) is 38.1 Å². The lowest BCUT2D eigenvalue weighted by Gasteiger charge is -2.08. The number of rotatable bonds is 8. The number of pyridine rings is 1. The van der Waals surface area contributed by atoms with Gasteiger partial charge >= 0.3 is 0 Å². The second-order valence-electron chi connectivity index (χ2n) is 6.19. The molecule has 28 heavy (non-hydrogen) atoms. The molecular weight excluding hydrogens is 380 g/mol. The van der Waals surface area contributed by atoms with Gasteiger partial charge in [-0.25, -0.2) is 9.67 Å². The number of ether oxygens (including phenoxy) is 2. The molecule has 1 amide bonds. The van der Waals surface area contributed by atoms with E-state index in [0.717, 1.165) is 17.9 Å². The minimum atomic E-state index is -0.257. The van der Waals surface area contributed by atoms with E-state index in [2.05, 4.69) is 15.4 Å². The highest BCUT2D eigenvalue weighted by Crippen LogP contribution is 2.30. The Labute approximate surface area is 168 Å². The summed E-state index contributed by atoms with van der Waals surface area (Å²) in [5.41, 5.74) is 2.47. The predicted octanol–water partition coefficient (Wildman–Crippen LogP) is 3.55. The molecule has 0 aliphatic rings. The van der Waals surface area contributed by atoms with Gasteiger partial charge < -0.3 is 14.8 Å². The third-order valence-corrected chi connectivity index (χ3v) is 4.72. The van der Waals surface area contributed by atoms with Crippen molar-refractivity contribution in [3.05, 3.63) is 46.7 Å². The first-order valence-corrected chi connectivity index (χ1v) is 9.48. The molecule has 3 aromatic rings. The molecule has 0 aliphatic heterocycles. The van der Waals surface area contributed by atoms with Crippen LogP contribution in [-0.4, -0.2) is 47.5 Å². The van der Waals surface area contributed by atoms with Gasteiger partial charge in [0.05, 0.1) is 34.5 Å². The summed E-state index contributed by atoms with van der Waals surface area (Å²) in [6.45, 7) is 5.57. The number of nitrogens with zero attached hydrogens (tertiary/aromatic N) is 3. The van der Waals surface area contributed by atoms with Gasteiger partial charge in [0, 0.05) is 26.0 Å². The third kappa shape index (κ3) is 4.10. The summed E-state index contributed by atoms with van der Waals surface area (Å²) in [6.07, 6.45) is 2.23. The molecule has 148 valence electrons. The Balaban J connectivity index is 1.87. The van der Waals surface area contributed by atoms with E-state index in [-0.39, 0.29) is 5.91 Å². The molecule has 0 fully saturated rings. The molecule has 1 aromatic carbocycles. The van der Waals surface area contributed by atoms with Crippen LogP contribution in [0, 0.1) is 6.92 Å². The number of benzene rings is 1. The average Bonchev–Trinajstić information content (AvgIpc) is 3.05. The van der Waals surface area contributed by atoms with Crippen molar-refractivity contribution in [2.45, 2.75) is 20.3 Å². The maximum Gasteiger partial charge on any atom is 0.254 e. The van der Waals surface area contributed by atoms with Gasteiger partial charge in [-0.15, -0.1) is 0 Å². The van der Waals surface area contributed by atoms with Crippen LogP contribution in [0.25, 0.3) is 16.7 Å². The Morgan fingerprint density at radius 3 is 2.71 bits per heavy atom. The molecule has 0 saturated heterocycles. The summed E-state index contributed by atoms with van der Waals surface area (Å²) in [5, 5.41) is 8.42. The van der Waals surface area contributed by atoms with Crippen LogP contribution in [0.3, 0.4) is 0 Å². The van der Waals surface area contributed by atoms with Gasteiger partial charge in [0.25, 0.3) is 5.91 Å². The SMILES string of the molecule is CCOCCCNC(=O)c1cnc2c(c(C)nn2-c2ccc(OC)cc2)c1Cl. The zero-order chi connectivity index (χ0) is 20.1. The fourth-order valence-electron chi connectivity index (χ4n) is 2.89. The number of hydrogen-bond donors (Lipinski definition) is 1. The van der Waals surface area contributed by atoms with E-state index in [1.165, 1.54) is 6.20 Å². The second-order valence-corrected chi connectivity index (χ2v) is 6.56. The monoisotopic (exact) mass is 402 g/mol. The normalized spacial score (nSPS) is 11.0. The van der Waals surface area contributed by atoms with Crippen molar-refractivity contribution in [3.8, 4) is 11.4 Å². The van der Waals surface area contributed by atoms with Crippen LogP contribution in [0.1, 0.15) is 29.4 Å². The Kier molecular flexibility index (Phi) is 6.49. The number of carbonyl (C=O) groups is 1. The topological polar surface area (TPSA) is 78.3 Å². The van der Waals surface area contributed by atoms with E-state index >= 15 is 0 Å². The molecule has 7 nitrogen and oxygen atoms in total. The van der Waals surface area contributed by atoms with Gasteiger partial charge in [0.2, 0.25) is 0 Å². The first-order valence-electron chi connectivity index (χ1n) is 9.11. The molecular formula is C20H23ClN4O3. The van der Waals surface area contributed by atoms with E-state index in [0.29, 0.717) is 47.1 Å². The zero-order valence-corrected chi connectivity index (χ0v) is 16.9. The molecule has 0 bridgehead atoms. The lowest BCUT2D eigenvalue weighted by Crippen LogP contribution is -2.25. The van der Waals surface area contributed by atoms with Crippen molar-refractivity contribution in [3.63, 3.8) is 0 Å². The fourth-order valence-corrected chi connectivity index (χ4v) is 3.24. The summed E-state index contributed by atoms with van der Waals surface area (Å²) >= 11 is 6.55. The molecule has 0 aliphatic carbocycles. The van der Waals surface area contributed by atoms with E-state index < -0.39 is 0 Å². The molecule has 0 saturated carbocycles. The van der Waals surface area contributed by atoms with Crippen LogP contribution < -0.4 is 10.1 Å². The summed E-state index contributed by atoms with van der Waals surface area (Å²) in [6, 6.07) is 7.48. The number of aromatic nitrogens is 3. The number of amides is 1. The first kappa shape index (κ1) is 20.1. The van der Waals surface area contributed by atoms with Crippen LogP contribution in [0.2, 0.25) is 5.02 Å². The van der Waals surface area contributed by atoms with Gasteiger partial charge in [0.15, 0.2) is 5.65 Å². The summed E-state index contributed by atoms with van der Waals surface area (Å²) in [5.74, 6) is 0.499. The number of methoxy groups -OCH3 is 1. The summed E-state index contributed by atoms with van der Waals surface area (Å²) in [7, 11) is 1.62. The molecule has 1 N–H and O–H groups in total. The maximum atomic E-state index is 12.5. The number of fused-ring (bicyclic) bond motifs is 1. The maximum absolute atomic E-state index is 12.5. The first-order chi connectivity index (χ1) is 13.6. The molecule has 3 rings (SSSR count). The van der Waals surface area contributed by atoms with Gasteiger partial charge in [-0.05, 0) is 44.5 Å². The zero-order valence-electron chi connectivity index (χ0n) is 16.2. The number of hydrogen-bond acceptors (Lipinski definition) is 5. The Morgan fingerprint density at radius 1 is 1.29 bits per heavy atom. The molecule has 0 unspecified atom stereocenters.